The number of halogens is 3. The molecule has 0 aromatic carbocycles. The molecule has 16 heavy (non-hydrogen) atoms. The number of hydrogen-bond donors (Lipinski definition) is 2. The molecule has 94 valence electrons. The van der Waals surface area contributed by atoms with E-state index in [4.69, 9.17) is 5.11 Å². The number of hydrogen-bond acceptors (Lipinski definition) is 5. The third-order valence-electron chi connectivity index (χ3n) is 1.13. The van der Waals surface area contributed by atoms with Crippen molar-refractivity contribution in [2.24, 2.45) is 0 Å². The molecule has 2 N–H and O–H groups in total. The van der Waals surface area contributed by atoms with Gasteiger partial charge in [-0.2, -0.15) is 31.4 Å². The fourth-order valence-electron chi connectivity index (χ4n) is 0.493. The summed E-state index contributed by atoms with van der Waals surface area (Å²) in [4.78, 5) is 9.94. The molecule has 0 aromatic heterocycles. The van der Waals surface area contributed by atoms with Crippen LogP contribution in [0.3, 0.4) is 0 Å². The van der Waals surface area contributed by atoms with Crippen molar-refractivity contribution in [3.63, 3.8) is 0 Å². The van der Waals surface area contributed by atoms with Crippen molar-refractivity contribution in [3.8, 4) is 0 Å². The maximum absolute atomic E-state index is 11.7. The molecule has 0 unspecified atom stereocenters. The number of carboxylic acid groups (broad SMARTS) is 1. The first-order valence-corrected chi connectivity index (χ1v) is 5.19. The van der Waals surface area contributed by atoms with Crippen LogP contribution < -0.4 is 5.48 Å². The minimum atomic E-state index is -5.65. The summed E-state index contributed by atoms with van der Waals surface area (Å²) in [7, 11) is -5.65. The Hall–Kier alpha value is -1.13. The molecule has 0 rings (SSSR count). The summed E-state index contributed by atoms with van der Waals surface area (Å²) in [6, 6.07) is 0. The van der Waals surface area contributed by atoms with E-state index in [0.717, 1.165) is 12.2 Å². The summed E-state index contributed by atoms with van der Waals surface area (Å²) in [5, 5.41) is 8.12. The zero-order chi connectivity index (χ0) is 12.8. The summed E-state index contributed by atoms with van der Waals surface area (Å²) < 4.78 is 59.0. The summed E-state index contributed by atoms with van der Waals surface area (Å²) in [5.74, 6) is -1.22. The average Bonchev–Trinajstić information content (AvgIpc) is 2.08. The van der Waals surface area contributed by atoms with Crippen molar-refractivity contribution in [1.29, 1.82) is 0 Å². The van der Waals surface area contributed by atoms with Gasteiger partial charge in [0.05, 0.1) is 0 Å². The highest BCUT2D eigenvalue weighted by molar-refractivity contribution is 7.87. The van der Waals surface area contributed by atoms with Crippen molar-refractivity contribution in [2.75, 3.05) is 6.54 Å². The molecule has 0 fully saturated rings. The Morgan fingerprint density at radius 2 is 2.00 bits per heavy atom. The number of carboxylic acids is 1. The maximum atomic E-state index is 11.7. The summed E-state index contributed by atoms with van der Waals surface area (Å²) >= 11 is 0. The Morgan fingerprint density at radius 3 is 2.44 bits per heavy atom. The van der Waals surface area contributed by atoms with Gasteiger partial charge >= 0.3 is 21.6 Å². The Bertz CT molecular complexity index is 361. The molecule has 6 nitrogen and oxygen atoms in total. The van der Waals surface area contributed by atoms with E-state index in [0.29, 0.717) is 0 Å². The van der Waals surface area contributed by atoms with Crippen LogP contribution in [0.15, 0.2) is 12.2 Å². The van der Waals surface area contributed by atoms with Crippen molar-refractivity contribution >= 4 is 16.1 Å². The van der Waals surface area contributed by atoms with E-state index in [-0.39, 0.29) is 13.0 Å². The van der Waals surface area contributed by atoms with Crippen molar-refractivity contribution in [2.45, 2.75) is 11.9 Å². The molecule has 0 radical (unpaired) electrons. The average molecular weight is 263 g/mol. The molecule has 0 aliphatic heterocycles. The number of rotatable bonds is 6. The van der Waals surface area contributed by atoms with Crippen LogP contribution in [0.2, 0.25) is 0 Å². The third kappa shape index (κ3) is 5.68. The van der Waals surface area contributed by atoms with Gasteiger partial charge in [-0.3, -0.25) is 0 Å². The first kappa shape index (κ1) is 14.9. The van der Waals surface area contributed by atoms with Gasteiger partial charge in [-0.1, -0.05) is 6.08 Å². The predicted molar refractivity (Wildman–Crippen MR) is 45.5 cm³/mol. The van der Waals surface area contributed by atoms with Gasteiger partial charge in [0.15, 0.2) is 0 Å². The Morgan fingerprint density at radius 1 is 1.44 bits per heavy atom. The molecule has 0 spiro atoms. The summed E-state index contributed by atoms with van der Waals surface area (Å²) in [5.41, 5.74) is -3.94. The Kier molecular flexibility index (Phi) is 5.41. The van der Waals surface area contributed by atoms with E-state index in [1.54, 1.807) is 5.48 Å². The van der Waals surface area contributed by atoms with Gasteiger partial charge in [-0.05, 0) is 6.42 Å². The van der Waals surface area contributed by atoms with Gasteiger partial charge < -0.3 is 5.11 Å². The van der Waals surface area contributed by atoms with Crippen molar-refractivity contribution in [3.05, 3.63) is 12.2 Å². The highest BCUT2D eigenvalue weighted by Gasteiger charge is 2.47. The number of nitrogens with one attached hydrogen (secondary N) is 1. The monoisotopic (exact) mass is 263 g/mol. The lowest BCUT2D eigenvalue weighted by atomic mass is 10.4. The van der Waals surface area contributed by atoms with Crippen LogP contribution in [0.25, 0.3) is 0 Å². The molecule has 0 aromatic rings. The van der Waals surface area contributed by atoms with Gasteiger partial charge in [-0.15, -0.1) is 0 Å². The minimum Gasteiger partial charge on any atom is -0.478 e. The van der Waals surface area contributed by atoms with E-state index in [2.05, 4.69) is 4.28 Å². The van der Waals surface area contributed by atoms with Crippen LogP contribution in [0, 0.1) is 0 Å². The molecule has 0 atom stereocenters. The largest absolute Gasteiger partial charge is 0.524 e. The minimum absolute atomic E-state index is 0.000320. The summed E-state index contributed by atoms with van der Waals surface area (Å²) in [6.45, 7) is -0.279. The summed E-state index contributed by atoms with van der Waals surface area (Å²) in [6.07, 6.45) is 1.89. The van der Waals surface area contributed by atoms with Crippen molar-refractivity contribution in [1.82, 2.24) is 5.48 Å². The zero-order valence-electron chi connectivity index (χ0n) is 7.69. The zero-order valence-corrected chi connectivity index (χ0v) is 8.51. The second kappa shape index (κ2) is 5.82. The SMILES string of the molecule is O=C(O)C=CCCNOS(=O)(=O)C(F)(F)F. The second-order valence-electron chi connectivity index (χ2n) is 2.41. The van der Waals surface area contributed by atoms with Crippen LogP contribution in [0.1, 0.15) is 6.42 Å². The molecule has 0 aliphatic carbocycles. The molecule has 0 bridgehead atoms. The van der Waals surface area contributed by atoms with E-state index in [1.165, 1.54) is 0 Å². The molecule has 0 saturated heterocycles. The molecule has 0 heterocycles. The van der Waals surface area contributed by atoms with E-state index >= 15 is 0 Å². The van der Waals surface area contributed by atoms with Crippen molar-refractivity contribution < 1.29 is 35.8 Å². The van der Waals surface area contributed by atoms with Crippen LogP contribution in [-0.2, 0) is 19.2 Å². The van der Waals surface area contributed by atoms with Crippen LogP contribution in [0.4, 0.5) is 13.2 Å². The Balaban J connectivity index is 3.89. The van der Waals surface area contributed by atoms with Crippen LogP contribution in [-0.4, -0.2) is 31.5 Å². The number of carbonyl (C=O) groups is 1. The smallest absolute Gasteiger partial charge is 0.478 e. The Labute approximate surface area is 88.8 Å². The van der Waals surface area contributed by atoms with Gasteiger partial charge in [-0.25, -0.2) is 4.79 Å². The van der Waals surface area contributed by atoms with Crippen LogP contribution >= 0.6 is 0 Å². The highest BCUT2D eigenvalue weighted by Crippen LogP contribution is 2.23. The fourth-order valence-corrected chi connectivity index (χ4v) is 0.826. The molecule has 0 aliphatic rings. The lowest BCUT2D eigenvalue weighted by Crippen LogP contribution is -2.31. The topological polar surface area (TPSA) is 92.7 Å². The molecule has 0 amide bonds. The molecular weight excluding hydrogens is 255 g/mol. The van der Waals surface area contributed by atoms with E-state index < -0.39 is 21.6 Å². The van der Waals surface area contributed by atoms with Gasteiger partial charge in [0.1, 0.15) is 0 Å². The van der Waals surface area contributed by atoms with E-state index in [9.17, 15) is 26.4 Å². The first-order chi connectivity index (χ1) is 7.17. The number of alkyl halides is 3. The standard InChI is InChI=1S/C6H8F3NO5S/c7-6(8,9)16(13,14)15-10-4-2-1-3-5(11)12/h1,3,10H,2,4H2,(H,11,12). The quantitative estimate of drug-likeness (QED) is 0.311. The van der Waals surface area contributed by atoms with E-state index in [1.807, 2.05) is 0 Å². The lowest BCUT2D eigenvalue weighted by molar-refractivity contribution is -0.131. The maximum Gasteiger partial charge on any atom is 0.524 e. The molecule has 10 heteroatoms. The van der Waals surface area contributed by atoms with Crippen LogP contribution in [0.5, 0.6) is 0 Å². The lowest BCUT2D eigenvalue weighted by Gasteiger charge is -2.07. The molecule has 0 saturated carbocycles. The predicted octanol–water partition coefficient (Wildman–Crippen LogP) is 0.388. The third-order valence-corrected chi connectivity index (χ3v) is 2.03. The van der Waals surface area contributed by atoms with Gasteiger partial charge in [0.2, 0.25) is 0 Å². The highest BCUT2D eigenvalue weighted by atomic mass is 32.2. The normalized spacial score (nSPS) is 13.2. The van der Waals surface area contributed by atoms with Gasteiger partial charge in [0, 0.05) is 12.6 Å². The number of hydroxylamine groups is 1. The van der Waals surface area contributed by atoms with Gasteiger partial charge in [0.25, 0.3) is 0 Å². The second-order valence-corrected chi connectivity index (χ2v) is 3.94. The first-order valence-electron chi connectivity index (χ1n) is 3.79. The fraction of sp³-hybridized carbons (Fsp3) is 0.500. The molecular formula is C6H8F3NO5S. The number of aliphatic carboxylic acids is 1.